The largest absolute Gasteiger partial charge is 0.330 e. The highest BCUT2D eigenvalue weighted by Gasteiger charge is 2.12. The van der Waals surface area contributed by atoms with E-state index in [-0.39, 0.29) is 0 Å². The molecule has 0 radical (unpaired) electrons. The lowest BCUT2D eigenvalue weighted by molar-refractivity contribution is 0.387. The standard InChI is InChI=1S/C8H15N/c9-7-2-1-4-8-5-3-6-8/h1,4,8H,2-3,5-7,9H2. The number of rotatable bonds is 3. The Morgan fingerprint density at radius 1 is 1.44 bits per heavy atom. The molecule has 9 heavy (non-hydrogen) atoms. The van der Waals surface area contributed by atoms with Crippen LogP contribution >= 0.6 is 0 Å². The summed E-state index contributed by atoms with van der Waals surface area (Å²) >= 11 is 0. The highest BCUT2D eigenvalue weighted by atomic mass is 14.5. The molecule has 1 rings (SSSR count). The van der Waals surface area contributed by atoms with E-state index in [1.807, 2.05) is 0 Å². The van der Waals surface area contributed by atoms with Crippen LogP contribution in [0.2, 0.25) is 0 Å². The Labute approximate surface area is 56.9 Å². The Morgan fingerprint density at radius 2 is 2.22 bits per heavy atom. The molecule has 2 N–H and O–H groups in total. The van der Waals surface area contributed by atoms with Crippen LogP contribution in [0.1, 0.15) is 25.7 Å². The fourth-order valence-corrected chi connectivity index (χ4v) is 1.02. The molecule has 0 amide bonds. The van der Waals surface area contributed by atoms with E-state index in [9.17, 15) is 0 Å². The Hall–Kier alpha value is -0.300. The van der Waals surface area contributed by atoms with Crippen LogP contribution in [0, 0.1) is 5.92 Å². The molecule has 0 aliphatic heterocycles. The van der Waals surface area contributed by atoms with Gasteiger partial charge < -0.3 is 5.73 Å². The Kier molecular flexibility index (Phi) is 2.78. The quantitative estimate of drug-likeness (QED) is 0.571. The van der Waals surface area contributed by atoms with Gasteiger partial charge in [-0.3, -0.25) is 0 Å². The Bertz CT molecular complexity index is 92.7. The first-order chi connectivity index (χ1) is 4.43. The van der Waals surface area contributed by atoms with E-state index in [1.165, 1.54) is 19.3 Å². The molecule has 0 spiro atoms. The summed E-state index contributed by atoms with van der Waals surface area (Å²) in [7, 11) is 0. The van der Waals surface area contributed by atoms with E-state index in [2.05, 4.69) is 12.2 Å². The van der Waals surface area contributed by atoms with E-state index in [0.29, 0.717) is 0 Å². The Balaban J connectivity index is 2.00. The monoisotopic (exact) mass is 125 g/mol. The molecule has 1 fully saturated rings. The highest BCUT2D eigenvalue weighted by Crippen LogP contribution is 2.27. The molecule has 0 aromatic heterocycles. The van der Waals surface area contributed by atoms with Crippen LogP contribution in [0.5, 0.6) is 0 Å². The third-order valence-corrected chi connectivity index (χ3v) is 1.89. The SMILES string of the molecule is NCCC=CC1CCC1. The molecule has 1 aliphatic rings. The van der Waals surface area contributed by atoms with Crippen molar-refractivity contribution in [3.8, 4) is 0 Å². The van der Waals surface area contributed by atoms with Crippen molar-refractivity contribution in [1.29, 1.82) is 0 Å². The van der Waals surface area contributed by atoms with Gasteiger partial charge >= 0.3 is 0 Å². The van der Waals surface area contributed by atoms with Gasteiger partial charge in [0.1, 0.15) is 0 Å². The molecule has 0 saturated heterocycles. The molecule has 52 valence electrons. The van der Waals surface area contributed by atoms with E-state index >= 15 is 0 Å². The maximum atomic E-state index is 5.32. The van der Waals surface area contributed by atoms with E-state index in [0.717, 1.165) is 18.9 Å². The molecule has 0 heterocycles. The van der Waals surface area contributed by atoms with Crippen LogP contribution in [0.4, 0.5) is 0 Å². The number of hydrogen-bond acceptors (Lipinski definition) is 1. The van der Waals surface area contributed by atoms with Gasteiger partial charge in [-0.25, -0.2) is 0 Å². The number of hydrogen-bond donors (Lipinski definition) is 1. The van der Waals surface area contributed by atoms with Gasteiger partial charge in [-0.1, -0.05) is 18.6 Å². The summed E-state index contributed by atoms with van der Waals surface area (Å²) in [4.78, 5) is 0. The third kappa shape index (κ3) is 2.19. The van der Waals surface area contributed by atoms with Crippen LogP contribution in [0.15, 0.2) is 12.2 Å². The molecule has 0 aromatic carbocycles. The topological polar surface area (TPSA) is 26.0 Å². The van der Waals surface area contributed by atoms with Crippen LogP contribution < -0.4 is 5.73 Å². The molecule has 1 heteroatoms. The zero-order valence-electron chi connectivity index (χ0n) is 5.84. The van der Waals surface area contributed by atoms with Gasteiger partial charge in [0, 0.05) is 0 Å². The van der Waals surface area contributed by atoms with Gasteiger partial charge in [0.2, 0.25) is 0 Å². The molecule has 1 saturated carbocycles. The fourth-order valence-electron chi connectivity index (χ4n) is 1.02. The predicted octanol–water partition coefficient (Wildman–Crippen LogP) is 1.69. The normalized spacial score (nSPS) is 20.6. The van der Waals surface area contributed by atoms with Crippen LogP contribution in [-0.2, 0) is 0 Å². The minimum Gasteiger partial charge on any atom is -0.330 e. The number of nitrogens with two attached hydrogens (primary N) is 1. The summed E-state index contributed by atoms with van der Waals surface area (Å²) in [6.45, 7) is 0.795. The maximum absolute atomic E-state index is 5.32. The van der Waals surface area contributed by atoms with Crippen molar-refractivity contribution in [2.24, 2.45) is 11.7 Å². The average Bonchev–Trinajstić information content (AvgIpc) is 1.76. The molecular weight excluding hydrogens is 110 g/mol. The minimum atomic E-state index is 0.795. The fraction of sp³-hybridized carbons (Fsp3) is 0.750. The first-order valence-corrected chi connectivity index (χ1v) is 3.80. The first-order valence-electron chi connectivity index (χ1n) is 3.80. The lowest BCUT2D eigenvalue weighted by atomic mass is 9.85. The highest BCUT2D eigenvalue weighted by molar-refractivity contribution is 4.92. The summed E-state index contributed by atoms with van der Waals surface area (Å²) < 4.78 is 0. The van der Waals surface area contributed by atoms with Crippen molar-refractivity contribution in [1.82, 2.24) is 0 Å². The summed E-state index contributed by atoms with van der Waals surface area (Å²) in [5, 5.41) is 0. The lowest BCUT2D eigenvalue weighted by Crippen LogP contribution is -2.07. The predicted molar refractivity (Wildman–Crippen MR) is 40.2 cm³/mol. The number of allylic oxidation sites excluding steroid dienone is 1. The van der Waals surface area contributed by atoms with Crippen molar-refractivity contribution in [2.75, 3.05) is 6.54 Å². The first kappa shape index (κ1) is 6.81. The summed E-state index contributed by atoms with van der Waals surface area (Å²) in [5.41, 5.74) is 5.32. The second-order valence-corrected chi connectivity index (χ2v) is 2.70. The zero-order chi connectivity index (χ0) is 6.53. The second-order valence-electron chi connectivity index (χ2n) is 2.70. The van der Waals surface area contributed by atoms with Crippen LogP contribution in [-0.4, -0.2) is 6.54 Å². The van der Waals surface area contributed by atoms with Crippen molar-refractivity contribution >= 4 is 0 Å². The molecule has 0 bridgehead atoms. The van der Waals surface area contributed by atoms with Crippen molar-refractivity contribution in [3.05, 3.63) is 12.2 Å². The molecule has 1 aliphatic carbocycles. The van der Waals surface area contributed by atoms with Gasteiger partial charge in [0.05, 0.1) is 0 Å². The molecule has 0 atom stereocenters. The van der Waals surface area contributed by atoms with E-state index < -0.39 is 0 Å². The summed E-state index contributed by atoms with van der Waals surface area (Å²) in [6, 6.07) is 0. The van der Waals surface area contributed by atoms with Crippen molar-refractivity contribution in [3.63, 3.8) is 0 Å². The van der Waals surface area contributed by atoms with Crippen LogP contribution in [0.25, 0.3) is 0 Å². The zero-order valence-corrected chi connectivity index (χ0v) is 5.84. The van der Waals surface area contributed by atoms with Crippen LogP contribution in [0.3, 0.4) is 0 Å². The van der Waals surface area contributed by atoms with E-state index in [4.69, 9.17) is 5.73 Å². The van der Waals surface area contributed by atoms with Gasteiger partial charge in [-0.05, 0) is 31.7 Å². The summed E-state index contributed by atoms with van der Waals surface area (Å²) in [5.74, 6) is 0.900. The van der Waals surface area contributed by atoms with Gasteiger partial charge in [-0.15, -0.1) is 0 Å². The second kappa shape index (κ2) is 3.67. The van der Waals surface area contributed by atoms with Crippen molar-refractivity contribution < 1.29 is 0 Å². The maximum Gasteiger partial charge on any atom is -0.00426 e. The molecule has 0 aromatic rings. The third-order valence-electron chi connectivity index (χ3n) is 1.89. The minimum absolute atomic E-state index is 0.795. The molecule has 0 unspecified atom stereocenters. The smallest absolute Gasteiger partial charge is 0.00426 e. The van der Waals surface area contributed by atoms with Crippen molar-refractivity contribution in [2.45, 2.75) is 25.7 Å². The summed E-state index contributed by atoms with van der Waals surface area (Å²) in [6.07, 6.45) is 9.82. The van der Waals surface area contributed by atoms with Gasteiger partial charge in [-0.2, -0.15) is 0 Å². The van der Waals surface area contributed by atoms with Gasteiger partial charge in [0.15, 0.2) is 0 Å². The van der Waals surface area contributed by atoms with Gasteiger partial charge in [0.25, 0.3) is 0 Å². The van der Waals surface area contributed by atoms with E-state index in [1.54, 1.807) is 0 Å². The molecule has 1 nitrogen and oxygen atoms in total. The lowest BCUT2D eigenvalue weighted by Gasteiger charge is -2.21. The molecular formula is C8H15N. The average molecular weight is 125 g/mol. The Morgan fingerprint density at radius 3 is 2.67 bits per heavy atom.